The third-order valence-electron chi connectivity index (χ3n) is 4.58. The van der Waals surface area contributed by atoms with E-state index < -0.39 is 0 Å². The van der Waals surface area contributed by atoms with Crippen molar-refractivity contribution in [1.29, 1.82) is 0 Å². The van der Waals surface area contributed by atoms with Crippen LogP contribution in [0, 0.1) is 0 Å². The molecule has 7 nitrogen and oxygen atoms in total. The molecule has 3 aromatic heterocycles. The van der Waals surface area contributed by atoms with Crippen LogP contribution in [0.15, 0.2) is 47.5 Å². The largest absolute Gasteiger partial charge is 0.484 e. The van der Waals surface area contributed by atoms with E-state index in [0.717, 1.165) is 43.5 Å². The minimum absolute atomic E-state index is 0.396. The summed E-state index contributed by atoms with van der Waals surface area (Å²) < 4.78 is 13.2. The van der Waals surface area contributed by atoms with Crippen LogP contribution in [-0.2, 0) is 26.1 Å². The molecule has 0 unspecified atom stereocenters. The van der Waals surface area contributed by atoms with Crippen molar-refractivity contribution >= 4 is 0 Å². The molecule has 0 saturated heterocycles. The van der Waals surface area contributed by atoms with Crippen LogP contribution in [-0.4, -0.2) is 37.2 Å². The van der Waals surface area contributed by atoms with Gasteiger partial charge in [0.2, 0.25) is 0 Å². The molecule has 130 valence electrons. The zero-order valence-corrected chi connectivity index (χ0v) is 14.2. The summed E-state index contributed by atoms with van der Waals surface area (Å²) >= 11 is 0. The van der Waals surface area contributed by atoms with Gasteiger partial charge in [-0.15, -0.1) is 10.2 Å². The Hall–Kier alpha value is -2.67. The van der Waals surface area contributed by atoms with Crippen LogP contribution < -0.4 is 4.74 Å². The molecule has 1 aliphatic rings. The molecule has 0 N–H and O–H groups in total. The van der Waals surface area contributed by atoms with Crippen LogP contribution >= 0.6 is 0 Å². The van der Waals surface area contributed by atoms with Crippen LogP contribution in [0.25, 0.3) is 0 Å². The van der Waals surface area contributed by atoms with Gasteiger partial charge < -0.3 is 13.7 Å². The molecule has 4 heterocycles. The Balaban J connectivity index is 1.44. The van der Waals surface area contributed by atoms with Crippen molar-refractivity contribution < 1.29 is 9.15 Å². The van der Waals surface area contributed by atoms with Gasteiger partial charge in [0.1, 0.15) is 18.2 Å². The number of pyridine rings is 1. The second-order valence-corrected chi connectivity index (χ2v) is 6.32. The van der Waals surface area contributed by atoms with Gasteiger partial charge in [-0.3, -0.25) is 9.88 Å². The molecule has 0 aliphatic carbocycles. The maximum atomic E-state index is 5.78. The molecule has 4 rings (SSSR count). The van der Waals surface area contributed by atoms with Gasteiger partial charge in [0, 0.05) is 43.9 Å². The van der Waals surface area contributed by atoms with Gasteiger partial charge >= 0.3 is 0 Å². The fourth-order valence-corrected chi connectivity index (χ4v) is 3.16. The maximum absolute atomic E-state index is 5.78. The molecular formula is C18H21N5O2. The normalized spacial score (nSPS) is 17.9. The molecule has 25 heavy (non-hydrogen) atoms. The monoisotopic (exact) mass is 339 g/mol. The minimum atomic E-state index is 0.396. The van der Waals surface area contributed by atoms with E-state index >= 15 is 0 Å². The molecule has 0 radical (unpaired) electrons. The Morgan fingerprint density at radius 1 is 1.28 bits per heavy atom. The van der Waals surface area contributed by atoms with E-state index in [9.17, 15) is 0 Å². The second-order valence-electron chi connectivity index (χ2n) is 6.32. The van der Waals surface area contributed by atoms with E-state index in [-0.39, 0.29) is 0 Å². The highest BCUT2D eigenvalue weighted by Crippen LogP contribution is 2.18. The van der Waals surface area contributed by atoms with Crippen LogP contribution in [0.3, 0.4) is 0 Å². The average Bonchev–Trinajstić information content (AvgIpc) is 3.24. The molecule has 0 bridgehead atoms. The molecule has 0 aromatic carbocycles. The topological polar surface area (TPSA) is 69.2 Å². The summed E-state index contributed by atoms with van der Waals surface area (Å²) in [4.78, 5) is 6.51. The first-order valence-electron chi connectivity index (χ1n) is 8.48. The molecule has 0 saturated carbocycles. The van der Waals surface area contributed by atoms with Gasteiger partial charge in [-0.2, -0.15) is 0 Å². The highest BCUT2D eigenvalue weighted by molar-refractivity contribution is 5.15. The Kier molecular flexibility index (Phi) is 4.47. The first-order valence-corrected chi connectivity index (χ1v) is 8.48. The van der Waals surface area contributed by atoms with Gasteiger partial charge in [0.25, 0.3) is 0 Å². The van der Waals surface area contributed by atoms with Crippen molar-refractivity contribution in [2.75, 3.05) is 6.54 Å². The fourth-order valence-electron chi connectivity index (χ4n) is 3.16. The minimum Gasteiger partial charge on any atom is -0.484 e. The molecular weight excluding hydrogens is 318 g/mol. The zero-order chi connectivity index (χ0) is 17.1. The number of rotatable bonds is 5. The second kappa shape index (κ2) is 7.06. The maximum Gasteiger partial charge on any atom is 0.171 e. The van der Waals surface area contributed by atoms with E-state index in [2.05, 4.69) is 31.6 Å². The summed E-state index contributed by atoms with van der Waals surface area (Å²) in [7, 11) is 0. The van der Waals surface area contributed by atoms with Gasteiger partial charge in [-0.1, -0.05) is 0 Å². The van der Waals surface area contributed by atoms with Gasteiger partial charge in [0.05, 0.1) is 18.7 Å². The van der Waals surface area contributed by atoms with Crippen molar-refractivity contribution in [1.82, 2.24) is 24.6 Å². The lowest BCUT2D eigenvalue weighted by Crippen LogP contribution is -2.34. The zero-order valence-electron chi connectivity index (χ0n) is 14.2. The van der Waals surface area contributed by atoms with Crippen LogP contribution in [0.4, 0.5) is 0 Å². The molecule has 0 spiro atoms. The van der Waals surface area contributed by atoms with Crippen LogP contribution in [0.5, 0.6) is 5.75 Å². The highest BCUT2D eigenvalue weighted by atomic mass is 16.5. The predicted octanol–water partition coefficient (Wildman–Crippen LogP) is 2.29. The Bertz CT molecular complexity index is 800. The molecule has 0 fully saturated rings. The lowest BCUT2D eigenvalue weighted by atomic mass is 10.2. The van der Waals surface area contributed by atoms with E-state index in [0.29, 0.717) is 12.6 Å². The quantitative estimate of drug-likeness (QED) is 0.710. The molecule has 3 aromatic rings. The average molecular weight is 339 g/mol. The standard InChI is InChI=1S/C18H21N5O2/c1-14-9-17-20-21-18(13-25-16-3-2-5-19-10-16)23(17)7-6-22(14)11-15-4-8-24-12-15/h2-5,8,10,12,14H,6-7,9,11,13H2,1H3/t14-/m1/s1. The number of hydrogen-bond donors (Lipinski definition) is 0. The van der Waals surface area contributed by atoms with E-state index in [4.69, 9.17) is 9.15 Å². The Morgan fingerprint density at radius 3 is 3.04 bits per heavy atom. The van der Waals surface area contributed by atoms with Gasteiger partial charge in [0.15, 0.2) is 5.82 Å². The Morgan fingerprint density at radius 2 is 2.24 bits per heavy atom. The summed E-state index contributed by atoms with van der Waals surface area (Å²) in [6.07, 6.45) is 7.84. The van der Waals surface area contributed by atoms with E-state index in [1.165, 1.54) is 5.56 Å². The predicted molar refractivity (Wildman–Crippen MR) is 90.9 cm³/mol. The van der Waals surface area contributed by atoms with Crippen molar-refractivity contribution in [2.45, 2.75) is 39.1 Å². The first-order chi connectivity index (χ1) is 12.3. The van der Waals surface area contributed by atoms with Crippen LogP contribution in [0.2, 0.25) is 0 Å². The Labute approximate surface area is 146 Å². The van der Waals surface area contributed by atoms with Crippen molar-refractivity contribution in [3.05, 3.63) is 60.3 Å². The van der Waals surface area contributed by atoms with Crippen molar-refractivity contribution in [2.24, 2.45) is 0 Å². The third-order valence-corrected chi connectivity index (χ3v) is 4.58. The summed E-state index contributed by atoms with van der Waals surface area (Å²) in [6, 6.07) is 6.16. The SMILES string of the molecule is C[C@@H]1Cc2nnc(COc3cccnc3)n2CCN1Cc1ccoc1. The van der Waals surface area contributed by atoms with Crippen LogP contribution in [0.1, 0.15) is 24.1 Å². The summed E-state index contributed by atoms with van der Waals surface area (Å²) in [5, 5.41) is 8.71. The van der Waals surface area contributed by atoms with Gasteiger partial charge in [-0.05, 0) is 25.1 Å². The van der Waals surface area contributed by atoms with E-state index in [1.54, 1.807) is 18.7 Å². The number of ether oxygens (including phenoxy) is 1. The van der Waals surface area contributed by atoms with Crippen molar-refractivity contribution in [3.63, 3.8) is 0 Å². The first kappa shape index (κ1) is 15.8. The number of fused-ring (bicyclic) bond motifs is 1. The van der Waals surface area contributed by atoms with Crippen molar-refractivity contribution in [3.8, 4) is 5.75 Å². The van der Waals surface area contributed by atoms with E-state index in [1.807, 2.05) is 24.5 Å². The highest BCUT2D eigenvalue weighted by Gasteiger charge is 2.24. The molecule has 1 atom stereocenters. The lowest BCUT2D eigenvalue weighted by Gasteiger charge is -2.25. The van der Waals surface area contributed by atoms with Gasteiger partial charge in [-0.25, -0.2) is 0 Å². The number of aromatic nitrogens is 4. The fraction of sp³-hybridized carbons (Fsp3) is 0.389. The molecule has 1 aliphatic heterocycles. The lowest BCUT2D eigenvalue weighted by molar-refractivity contribution is 0.201. The number of nitrogens with zero attached hydrogens (tertiary/aromatic N) is 5. The summed E-state index contributed by atoms with van der Waals surface area (Å²) in [6.45, 7) is 5.32. The molecule has 0 amide bonds. The number of furan rings is 1. The number of hydrogen-bond acceptors (Lipinski definition) is 6. The molecule has 7 heteroatoms. The smallest absolute Gasteiger partial charge is 0.171 e. The summed E-state index contributed by atoms with van der Waals surface area (Å²) in [5.74, 6) is 2.62. The summed E-state index contributed by atoms with van der Waals surface area (Å²) in [5.41, 5.74) is 1.20. The third kappa shape index (κ3) is 3.56.